The Morgan fingerprint density at radius 3 is 2.29 bits per heavy atom. The van der Waals surface area contributed by atoms with E-state index in [2.05, 4.69) is 10.0 Å². The summed E-state index contributed by atoms with van der Waals surface area (Å²) in [5.74, 6) is 0.0622. The van der Waals surface area contributed by atoms with Crippen LogP contribution in [-0.4, -0.2) is 20.6 Å². The predicted molar refractivity (Wildman–Crippen MR) is 116 cm³/mol. The first-order valence-electron chi connectivity index (χ1n) is 10.4. The van der Waals surface area contributed by atoms with Crippen molar-refractivity contribution in [3.63, 3.8) is 0 Å². The van der Waals surface area contributed by atoms with Crippen molar-refractivity contribution < 1.29 is 21.6 Å². The number of nitrogens with two attached hydrogens (primary N) is 1. The van der Waals surface area contributed by atoms with Crippen LogP contribution in [0, 0.1) is 5.92 Å². The molecule has 0 spiro atoms. The van der Waals surface area contributed by atoms with Crippen molar-refractivity contribution in [3.8, 4) is 0 Å². The fourth-order valence-electron chi connectivity index (χ4n) is 3.95. The number of nitrogens with one attached hydrogen (secondary N) is 2. The van der Waals surface area contributed by atoms with Crippen LogP contribution in [0.5, 0.6) is 0 Å². The number of halogens is 3. The summed E-state index contributed by atoms with van der Waals surface area (Å²) in [5, 5.41) is 2.62. The van der Waals surface area contributed by atoms with Crippen molar-refractivity contribution in [2.24, 2.45) is 5.92 Å². The molecular weight excluding hydrogens is 427 g/mol. The van der Waals surface area contributed by atoms with E-state index in [0.29, 0.717) is 11.3 Å². The molecule has 170 valence electrons. The van der Waals surface area contributed by atoms with Gasteiger partial charge in [0.25, 0.3) is 10.0 Å². The summed E-state index contributed by atoms with van der Waals surface area (Å²) >= 11 is 0. The second-order valence-electron chi connectivity index (χ2n) is 8.05. The Bertz CT molecular complexity index is 957. The molecule has 4 N–H and O–H groups in total. The predicted octanol–water partition coefficient (Wildman–Crippen LogP) is 5.06. The van der Waals surface area contributed by atoms with Gasteiger partial charge in [-0.3, -0.25) is 4.72 Å². The average molecular weight is 456 g/mol. The highest BCUT2D eigenvalue weighted by molar-refractivity contribution is 7.92. The monoisotopic (exact) mass is 455 g/mol. The molecule has 1 atom stereocenters. The molecule has 0 saturated heterocycles. The van der Waals surface area contributed by atoms with E-state index in [4.69, 9.17) is 5.73 Å². The summed E-state index contributed by atoms with van der Waals surface area (Å²) in [6, 6.07) is 10.5. The van der Waals surface area contributed by atoms with E-state index in [0.717, 1.165) is 32.1 Å². The van der Waals surface area contributed by atoms with Crippen LogP contribution < -0.4 is 15.8 Å². The third-order valence-electron chi connectivity index (χ3n) is 5.68. The largest absolute Gasteiger partial charge is 0.403 e. The molecule has 31 heavy (non-hydrogen) atoms. The number of anilines is 2. The number of sulfonamides is 1. The molecule has 0 aromatic heterocycles. The molecule has 3 rings (SSSR count). The van der Waals surface area contributed by atoms with E-state index >= 15 is 0 Å². The van der Waals surface area contributed by atoms with E-state index in [-0.39, 0.29) is 29.5 Å². The van der Waals surface area contributed by atoms with Crippen molar-refractivity contribution in [1.29, 1.82) is 0 Å². The minimum Gasteiger partial charge on any atom is -0.399 e. The molecule has 0 heterocycles. The topological polar surface area (TPSA) is 84.2 Å². The number of nitrogen functional groups attached to an aromatic ring is 1. The standard InChI is InChI=1S/C22H28F3N3O2S/c23-22(24,25)21(14-16-6-2-1-3-7-16)27-15-17-8-4-5-9-20(17)28-31(29,30)19-12-10-18(26)11-13-19/h4-5,8-13,16,21,27-28H,1-3,6-7,14-15,26H2. The van der Waals surface area contributed by atoms with E-state index in [1.54, 1.807) is 18.2 Å². The maximum Gasteiger partial charge on any atom is 0.403 e. The lowest BCUT2D eigenvalue weighted by molar-refractivity contribution is -0.160. The lowest BCUT2D eigenvalue weighted by Gasteiger charge is -2.29. The third-order valence-corrected chi connectivity index (χ3v) is 7.06. The second kappa shape index (κ2) is 9.91. The Balaban J connectivity index is 1.72. The Labute approximate surface area is 181 Å². The molecule has 1 unspecified atom stereocenters. The molecular formula is C22H28F3N3O2S. The summed E-state index contributed by atoms with van der Waals surface area (Å²) in [6.45, 7) is -0.0999. The third kappa shape index (κ3) is 6.61. The van der Waals surface area contributed by atoms with Crippen LogP contribution in [0.15, 0.2) is 53.4 Å². The van der Waals surface area contributed by atoms with Gasteiger partial charge in [-0.2, -0.15) is 13.2 Å². The van der Waals surface area contributed by atoms with Gasteiger partial charge in [-0.1, -0.05) is 50.3 Å². The minimum atomic E-state index is -4.37. The summed E-state index contributed by atoms with van der Waals surface area (Å²) in [6.07, 6.45) is 0.370. The average Bonchev–Trinajstić information content (AvgIpc) is 2.72. The number of hydrogen-bond acceptors (Lipinski definition) is 4. The summed E-state index contributed by atoms with van der Waals surface area (Å²) < 4.78 is 68.7. The van der Waals surface area contributed by atoms with Crippen molar-refractivity contribution in [2.75, 3.05) is 10.5 Å². The van der Waals surface area contributed by atoms with Crippen LogP contribution in [0.4, 0.5) is 24.5 Å². The maximum absolute atomic E-state index is 13.6. The molecule has 9 heteroatoms. The molecule has 0 bridgehead atoms. The number of rotatable bonds is 8. The molecule has 0 amide bonds. The van der Waals surface area contributed by atoms with Gasteiger partial charge >= 0.3 is 6.18 Å². The van der Waals surface area contributed by atoms with Crippen LogP contribution in [0.25, 0.3) is 0 Å². The lowest BCUT2D eigenvalue weighted by Crippen LogP contribution is -2.43. The molecule has 1 fully saturated rings. The molecule has 1 aliphatic rings. The number of alkyl halides is 3. The van der Waals surface area contributed by atoms with Crippen LogP contribution in [0.1, 0.15) is 44.1 Å². The van der Waals surface area contributed by atoms with Crippen LogP contribution in [0.2, 0.25) is 0 Å². The fraction of sp³-hybridized carbons (Fsp3) is 0.455. The van der Waals surface area contributed by atoms with Crippen LogP contribution in [0.3, 0.4) is 0 Å². The van der Waals surface area contributed by atoms with Gasteiger partial charge in [-0.15, -0.1) is 0 Å². The fourth-order valence-corrected chi connectivity index (χ4v) is 5.05. The highest BCUT2D eigenvalue weighted by Crippen LogP contribution is 2.33. The molecule has 2 aromatic rings. The molecule has 1 saturated carbocycles. The Morgan fingerprint density at radius 2 is 1.65 bits per heavy atom. The van der Waals surface area contributed by atoms with Gasteiger partial charge < -0.3 is 11.1 Å². The van der Waals surface area contributed by atoms with Crippen molar-refractivity contribution in [3.05, 3.63) is 54.1 Å². The van der Waals surface area contributed by atoms with Gasteiger partial charge in [-0.05, 0) is 48.2 Å². The zero-order chi connectivity index (χ0) is 22.5. The molecule has 0 radical (unpaired) electrons. The zero-order valence-corrected chi connectivity index (χ0v) is 18.0. The summed E-state index contributed by atoms with van der Waals surface area (Å²) in [4.78, 5) is 0.0231. The van der Waals surface area contributed by atoms with E-state index < -0.39 is 22.2 Å². The number of benzene rings is 2. The lowest BCUT2D eigenvalue weighted by atomic mass is 9.84. The Kier molecular flexibility index (Phi) is 7.48. The second-order valence-corrected chi connectivity index (χ2v) is 9.73. The maximum atomic E-state index is 13.6. The minimum absolute atomic E-state index is 0.0231. The normalized spacial score (nSPS) is 16.7. The zero-order valence-electron chi connectivity index (χ0n) is 17.2. The van der Waals surface area contributed by atoms with Crippen LogP contribution in [-0.2, 0) is 16.6 Å². The van der Waals surface area contributed by atoms with Gasteiger partial charge in [0.1, 0.15) is 6.04 Å². The summed E-state index contributed by atoms with van der Waals surface area (Å²) in [7, 11) is -3.90. The summed E-state index contributed by atoms with van der Waals surface area (Å²) in [5.41, 5.74) is 6.72. The first-order valence-corrected chi connectivity index (χ1v) is 11.9. The SMILES string of the molecule is Nc1ccc(S(=O)(=O)Nc2ccccc2CNC(CC2CCCCC2)C(F)(F)F)cc1. The van der Waals surface area contributed by atoms with Crippen molar-refractivity contribution in [2.45, 2.75) is 62.2 Å². The molecule has 2 aromatic carbocycles. The highest BCUT2D eigenvalue weighted by Gasteiger charge is 2.40. The van der Waals surface area contributed by atoms with Gasteiger partial charge in [-0.25, -0.2) is 8.42 Å². The Hall–Kier alpha value is -2.26. The van der Waals surface area contributed by atoms with Crippen molar-refractivity contribution >= 4 is 21.4 Å². The molecule has 5 nitrogen and oxygen atoms in total. The van der Waals surface area contributed by atoms with Gasteiger partial charge in [0.15, 0.2) is 0 Å². The van der Waals surface area contributed by atoms with Gasteiger partial charge in [0.05, 0.1) is 10.6 Å². The first-order chi connectivity index (χ1) is 14.6. The first kappa shape index (κ1) is 23.4. The van der Waals surface area contributed by atoms with Crippen LogP contribution >= 0.6 is 0 Å². The van der Waals surface area contributed by atoms with Gasteiger partial charge in [0.2, 0.25) is 0 Å². The highest BCUT2D eigenvalue weighted by atomic mass is 32.2. The number of hydrogen-bond donors (Lipinski definition) is 3. The Morgan fingerprint density at radius 1 is 1.00 bits per heavy atom. The number of para-hydroxylation sites is 1. The van der Waals surface area contributed by atoms with E-state index in [9.17, 15) is 21.6 Å². The van der Waals surface area contributed by atoms with Gasteiger partial charge in [0, 0.05) is 12.2 Å². The smallest absolute Gasteiger partial charge is 0.399 e. The van der Waals surface area contributed by atoms with E-state index in [1.807, 2.05) is 0 Å². The molecule has 0 aliphatic heterocycles. The van der Waals surface area contributed by atoms with E-state index in [1.165, 1.54) is 30.3 Å². The van der Waals surface area contributed by atoms with Crippen molar-refractivity contribution in [1.82, 2.24) is 5.32 Å². The quantitative estimate of drug-likeness (QED) is 0.486. The molecule has 1 aliphatic carbocycles.